The van der Waals surface area contributed by atoms with Gasteiger partial charge in [-0.1, -0.05) is 0 Å². The highest BCUT2D eigenvalue weighted by Crippen LogP contribution is 2.16. The van der Waals surface area contributed by atoms with Crippen molar-refractivity contribution in [3.8, 4) is 0 Å². The van der Waals surface area contributed by atoms with Crippen molar-refractivity contribution in [3.63, 3.8) is 0 Å². The van der Waals surface area contributed by atoms with E-state index in [2.05, 4.69) is 10.3 Å². The summed E-state index contributed by atoms with van der Waals surface area (Å²) in [5, 5.41) is 14.8. The van der Waals surface area contributed by atoms with Gasteiger partial charge in [0.1, 0.15) is 0 Å². The maximum Gasteiger partial charge on any atom is 0.328 e. The van der Waals surface area contributed by atoms with Crippen LogP contribution in [-0.2, 0) is 11.3 Å². The number of thiophene rings is 1. The van der Waals surface area contributed by atoms with Crippen LogP contribution in [0.5, 0.6) is 0 Å². The van der Waals surface area contributed by atoms with Crippen LogP contribution < -0.4 is 5.32 Å². The lowest BCUT2D eigenvalue weighted by atomic mass is 10.3. The number of carboxylic acid groups (broad SMARTS) is 1. The van der Waals surface area contributed by atoms with Crippen LogP contribution in [0.4, 0.5) is 0 Å². The van der Waals surface area contributed by atoms with Gasteiger partial charge in [-0.05, 0) is 12.1 Å². The third kappa shape index (κ3) is 4.01. The van der Waals surface area contributed by atoms with Crippen molar-refractivity contribution in [1.29, 1.82) is 0 Å². The average Bonchev–Trinajstić information content (AvgIpc) is 3.04. The van der Waals surface area contributed by atoms with Gasteiger partial charge < -0.3 is 10.4 Å². The van der Waals surface area contributed by atoms with Crippen LogP contribution in [-0.4, -0.2) is 22.0 Å². The Morgan fingerprint density at radius 2 is 2.26 bits per heavy atom. The molecular weight excluding hydrogens is 284 g/mol. The zero-order chi connectivity index (χ0) is 13.7. The van der Waals surface area contributed by atoms with Crippen molar-refractivity contribution in [3.05, 3.63) is 44.5 Å². The standard InChI is InChI=1S/C12H10N2O3S2/c15-11(16)2-1-10-3-8(5-19-10)12(17)13-4-9-6-18-7-14-9/h1-3,5-7H,4H2,(H,13,17)(H,15,16). The van der Waals surface area contributed by atoms with Gasteiger partial charge in [-0.2, -0.15) is 0 Å². The topological polar surface area (TPSA) is 79.3 Å². The molecule has 2 rings (SSSR count). The van der Waals surface area contributed by atoms with Crippen molar-refractivity contribution < 1.29 is 14.7 Å². The highest BCUT2D eigenvalue weighted by molar-refractivity contribution is 7.11. The number of carbonyl (C=O) groups is 2. The number of carbonyl (C=O) groups excluding carboxylic acids is 1. The van der Waals surface area contributed by atoms with Crippen LogP contribution in [0.25, 0.3) is 6.08 Å². The molecule has 0 aliphatic heterocycles. The first kappa shape index (κ1) is 13.4. The van der Waals surface area contributed by atoms with Gasteiger partial charge in [-0.15, -0.1) is 22.7 Å². The average molecular weight is 294 g/mol. The molecule has 19 heavy (non-hydrogen) atoms. The van der Waals surface area contributed by atoms with Crippen molar-refractivity contribution in [2.75, 3.05) is 0 Å². The molecule has 0 aliphatic rings. The Labute approximate surface area is 117 Å². The molecule has 0 atom stereocenters. The van der Waals surface area contributed by atoms with Gasteiger partial charge in [-0.25, -0.2) is 9.78 Å². The predicted octanol–water partition coefficient (Wildman–Crippen LogP) is 2.23. The summed E-state index contributed by atoms with van der Waals surface area (Å²) < 4.78 is 0. The van der Waals surface area contributed by atoms with E-state index in [1.807, 2.05) is 5.38 Å². The van der Waals surface area contributed by atoms with E-state index in [0.717, 1.165) is 16.6 Å². The Balaban J connectivity index is 1.94. The summed E-state index contributed by atoms with van der Waals surface area (Å²) in [6, 6.07) is 1.65. The fraction of sp³-hybridized carbons (Fsp3) is 0.0833. The molecule has 2 aromatic rings. The van der Waals surface area contributed by atoms with Crippen molar-refractivity contribution in [2.45, 2.75) is 6.54 Å². The van der Waals surface area contributed by atoms with Crippen molar-refractivity contribution in [1.82, 2.24) is 10.3 Å². The normalized spacial score (nSPS) is 10.7. The molecule has 2 N–H and O–H groups in total. The van der Waals surface area contributed by atoms with E-state index >= 15 is 0 Å². The highest BCUT2D eigenvalue weighted by Gasteiger charge is 2.08. The van der Waals surface area contributed by atoms with Gasteiger partial charge in [0.25, 0.3) is 5.91 Å². The third-order valence-corrected chi connectivity index (χ3v) is 3.72. The second kappa shape index (κ2) is 6.26. The highest BCUT2D eigenvalue weighted by atomic mass is 32.1. The van der Waals surface area contributed by atoms with E-state index in [0.29, 0.717) is 12.1 Å². The van der Waals surface area contributed by atoms with Gasteiger partial charge >= 0.3 is 5.97 Å². The Morgan fingerprint density at radius 3 is 2.95 bits per heavy atom. The fourth-order valence-corrected chi connectivity index (χ4v) is 2.65. The molecule has 0 fully saturated rings. The molecule has 0 spiro atoms. The minimum absolute atomic E-state index is 0.195. The fourth-order valence-electron chi connectivity index (χ4n) is 1.31. The number of nitrogens with one attached hydrogen (secondary N) is 1. The van der Waals surface area contributed by atoms with Crippen LogP contribution in [0, 0.1) is 0 Å². The predicted molar refractivity (Wildman–Crippen MR) is 74.3 cm³/mol. The van der Waals surface area contributed by atoms with Crippen molar-refractivity contribution >= 4 is 40.6 Å². The second-order valence-corrected chi connectivity index (χ2v) is 5.23. The number of nitrogens with zero attached hydrogens (tertiary/aromatic N) is 1. The Morgan fingerprint density at radius 1 is 1.42 bits per heavy atom. The molecular formula is C12H10N2O3S2. The summed E-state index contributed by atoms with van der Waals surface area (Å²) in [6.07, 6.45) is 2.51. The lowest BCUT2D eigenvalue weighted by molar-refractivity contribution is -0.131. The van der Waals surface area contributed by atoms with Crippen molar-refractivity contribution in [2.24, 2.45) is 0 Å². The Kier molecular flexibility index (Phi) is 4.43. The molecule has 0 saturated heterocycles. The molecule has 0 aliphatic carbocycles. The smallest absolute Gasteiger partial charge is 0.328 e. The minimum Gasteiger partial charge on any atom is -0.478 e. The van der Waals surface area contributed by atoms with Crippen LogP contribution in [0.1, 0.15) is 20.9 Å². The lowest BCUT2D eigenvalue weighted by Gasteiger charge is -2.00. The maximum atomic E-state index is 11.8. The summed E-state index contributed by atoms with van der Waals surface area (Å²) in [5.41, 5.74) is 3.05. The van der Waals surface area contributed by atoms with Crippen LogP contribution in [0.3, 0.4) is 0 Å². The third-order valence-electron chi connectivity index (χ3n) is 2.19. The van der Waals surface area contributed by atoms with Gasteiger partial charge in [0, 0.05) is 21.7 Å². The number of rotatable bonds is 5. The van der Waals surface area contributed by atoms with Crippen LogP contribution in [0.15, 0.2) is 28.4 Å². The first-order valence-corrected chi connectivity index (χ1v) is 7.12. The molecule has 98 valence electrons. The SMILES string of the molecule is O=C(O)C=Cc1cc(C(=O)NCc2cscn2)cs1. The maximum absolute atomic E-state index is 11.8. The Hall–Kier alpha value is -1.99. The zero-order valence-electron chi connectivity index (χ0n) is 9.70. The molecule has 0 bridgehead atoms. The van der Waals surface area contributed by atoms with E-state index in [9.17, 15) is 9.59 Å². The summed E-state index contributed by atoms with van der Waals surface area (Å²) in [6.45, 7) is 0.387. The molecule has 2 heterocycles. The van der Waals surface area contributed by atoms with E-state index in [1.54, 1.807) is 17.0 Å². The number of hydrogen-bond acceptors (Lipinski definition) is 5. The molecule has 0 radical (unpaired) electrons. The molecule has 0 aromatic carbocycles. The van der Waals surface area contributed by atoms with E-state index in [-0.39, 0.29) is 5.91 Å². The van der Waals surface area contributed by atoms with E-state index < -0.39 is 5.97 Å². The molecule has 2 aromatic heterocycles. The van der Waals surface area contributed by atoms with Crippen LogP contribution in [0.2, 0.25) is 0 Å². The number of amides is 1. The monoisotopic (exact) mass is 294 g/mol. The van der Waals surface area contributed by atoms with Gasteiger partial charge in [0.15, 0.2) is 0 Å². The number of thiazole rings is 1. The molecule has 7 heteroatoms. The zero-order valence-corrected chi connectivity index (χ0v) is 11.3. The van der Waals surface area contributed by atoms with Gasteiger partial charge in [-0.3, -0.25) is 4.79 Å². The summed E-state index contributed by atoms with van der Waals surface area (Å²) >= 11 is 2.79. The first-order valence-electron chi connectivity index (χ1n) is 5.30. The summed E-state index contributed by atoms with van der Waals surface area (Å²) in [5.74, 6) is -1.21. The number of hydrogen-bond donors (Lipinski definition) is 2. The molecule has 5 nitrogen and oxygen atoms in total. The quantitative estimate of drug-likeness (QED) is 0.829. The second-order valence-electron chi connectivity index (χ2n) is 3.57. The first-order chi connectivity index (χ1) is 9.15. The molecule has 0 saturated carbocycles. The number of aliphatic carboxylic acids is 1. The molecule has 0 unspecified atom stereocenters. The van der Waals surface area contributed by atoms with E-state index in [4.69, 9.17) is 5.11 Å². The Bertz CT molecular complexity index is 602. The minimum atomic E-state index is -1.01. The number of aromatic nitrogens is 1. The largest absolute Gasteiger partial charge is 0.478 e. The summed E-state index contributed by atoms with van der Waals surface area (Å²) in [7, 11) is 0. The van der Waals surface area contributed by atoms with E-state index in [1.165, 1.54) is 28.7 Å². The van der Waals surface area contributed by atoms with Gasteiger partial charge in [0.05, 0.1) is 23.3 Å². The lowest BCUT2D eigenvalue weighted by Crippen LogP contribution is -2.22. The molecule has 1 amide bonds. The van der Waals surface area contributed by atoms with Gasteiger partial charge in [0.2, 0.25) is 0 Å². The number of carboxylic acids is 1. The summed E-state index contributed by atoms with van der Waals surface area (Å²) in [4.78, 5) is 27.0. The van der Waals surface area contributed by atoms with Crippen LogP contribution >= 0.6 is 22.7 Å².